The third-order valence-corrected chi connectivity index (χ3v) is 3.54. The van der Waals surface area contributed by atoms with E-state index in [0.717, 1.165) is 18.6 Å². The second kappa shape index (κ2) is 4.81. The monoisotopic (exact) mass is 252 g/mol. The van der Waals surface area contributed by atoms with Gasteiger partial charge in [0.05, 0.1) is 7.11 Å². The zero-order chi connectivity index (χ0) is 13.2. The molecule has 0 atom stereocenters. The van der Waals surface area contributed by atoms with E-state index in [0.29, 0.717) is 5.75 Å². The van der Waals surface area contributed by atoms with Crippen molar-refractivity contribution in [2.75, 3.05) is 7.11 Å². The van der Waals surface area contributed by atoms with Crippen molar-refractivity contribution in [3.05, 3.63) is 65.2 Å². The van der Waals surface area contributed by atoms with E-state index >= 15 is 0 Å². The third-order valence-electron chi connectivity index (χ3n) is 3.54. The summed E-state index contributed by atoms with van der Waals surface area (Å²) >= 11 is 0. The van der Waals surface area contributed by atoms with Crippen molar-refractivity contribution in [3.8, 4) is 11.5 Å². The number of allylic oxidation sites excluding steroid dienone is 1. The van der Waals surface area contributed by atoms with Crippen molar-refractivity contribution in [1.29, 1.82) is 0 Å². The van der Waals surface area contributed by atoms with Crippen LogP contribution in [0.25, 0.3) is 5.57 Å². The summed E-state index contributed by atoms with van der Waals surface area (Å²) in [5.74, 6) is 1.21. The molecule has 1 aliphatic carbocycles. The van der Waals surface area contributed by atoms with Crippen LogP contribution in [0.1, 0.15) is 23.1 Å². The van der Waals surface area contributed by atoms with Gasteiger partial charge in [-0.25, -0.2) is 0 Å². The Morgan fingerprint density at radius 3 is 2.58 bits per heavy atom. The zero-order valence-corrected chi connectivity index (χ0v) is 10.9. The molecule has 3 rings (SSSR count). The molecule has 0 saturated carbocycles. The Morgan fingerprint density at radius 2 is 1.84 bits per heavy atom. The molecular formula is C17H16O2. The normalized spacial score (nSPS) is 13.6. The molecule has 2 aromatic rings. The fraction of sp³-hybridized carbons (Fsp3) is 0.176. The maximum atomic E-state index is 9.58. The van der Waals surface area contributed by atoms with Crippen molar-refractivity contribution in [1.82, 2.24) is 0 Å². The summed E-state index contributed by atoms with van der Waals surface area (Å²) in [5.41, 5.74) is 4.86. The van der Waals surface area contributed by atoms with E-state index in [1.165, 1.54) is 22.3 Å². The summed E-state index contributed by atoms with van der Waals surface area (Å²) < 4.78 is 5.19. The summed E-state index contributed by atoms with van der Waals surface area (Å²) in [6, 6.07) is 13.7. The van der Waals surface area contributed by atoms with Crippen LogP contribution in [0.5, 0.6) is 11.5 Å². The second-order valence-electron chi connectivity index (χ2n) is 4.73. The van der Waals surface area contributed by atoms with Crippen LogP contribution in [-0.4, -0.2) is 12.2 Å². The van der Waals surface area contributed by atoms with Crippen molar-refractivity contribution in [3.63, 3.8) is 0 Å². The van der Waals surface area contributed by atoms with Gasteiger partial charge in [-0.2, -0.15) is 0 Å². The molecule has 2 heteroatoms. The molecule has 0 saturated heterocycles. The van der Waals surface area contributed by atoms with Crippen LogP contribution in [0.4, 0.5) is 0 Å². The first-order valence-electron chi connectivity index (χ1n) is 6.45. The SMILES string of the molecule is COc1ccc(C2=CCCc3cc(O)ccc32)cc1. The van der Waals surface area contributed by atoms with E-state index in [1.807, 2.05) is 24.3 Å². The molecule has 1 N–H and O–H groups in total. The van der Waals surface area contributed by atoms with E-state index in [9.17, 15) is 5.11 Å². The van der Waals surface area contributed by atoms with Crippen LogP contribution in [0.15, 0.2) is 48.5 Å². The van der Waals surface area contributed by atoms with E-state index in [-0.39, 0.29) is 0 Å². The number of phenolic OH excluding ortho intramolecular Hbond substituents is 1. The van der Waals surface area contributed by atoms with Gasteiger partial charge >= 0.3 is 0 Å². The first-order valence-corrected chi connectivity index (χ1v) is 6.45. The van der Waals surface area contributed by atoms with E-state index in [4.69, 9.17) is 4.74 Å². The average Bonchev–Trinajstić information content (AvgIpc) is 2.46. The predicted molar refractivity (Wildman–Crippen MR) is 76.5 cm³/mol. The molecule has 0 spiro atoms. The lowest BCUT2D eigenvalue weighted by Crippen LogP contribution is -2.00. The van der Waals surface area contributed by atoms with Crippen molar-refractivity contribution < 1.29 is 9.84 Å². The molecule has 0 aliphatic heterocycles. The highest BCUT2D eigenvalue weighted by atomic mass is 16.5. The van der Waals surface area contributed by atoms with Gasteiger partial charge in [0.15, 0.2) is 0 Å². The standard InChI is InChI=1S/C17H16O2/c1-19-15-8-5-12(6-9-15)16-4-2-3-13-11-14(18)7-10-17(13)16/h4-11,18H,2-3H2,1H3. The van der Waals surface area contributed by atoms with Gasteiger partial charge in [-0.3, -0.25) is 0 Å². The summed E-state index contributed by atoms with van der Waals surface area (Å²) in [4.78, 5) is 0. The number of aryl methyl sites for hydroxylation is 1. The third kappa shape index (κ3) is 2.22. The number of methoxy groups -OCH3 is 1. The molecule has 2 nitrogen and oxygen atoms in total. The molecule has 0 fully saturated rings. The summed E-state index contributed by atoms with van der Waals surface area (Å²) in [7, 11) is 1.67. The summed E-state index contributed by atoms with van der Waals surface area (Å²) in [6.07, 6.45) is 4.27. The Labute approximate surface area is 113 Å². The molecule has 0 amide bonds. The number of rotatable bonds is 2. The summed E-state index contributed by atoms with van der Waals surface area (Å²) in [5, 5.41) is 9.58. The second-order valence-corrected chi connectivity index (χ2v) is 4.73. The van der Waals surface area contributed by atoms with Gasteiger partial charge in [0.1, 0.15) is 11.5 Å². The molecular weight excluding hydrogens is 236 g/mol. The van der Waals surface area contributed by atoms with E-state index in [2.05, 4.69) is 18.2 Å². The highest BCUT2D eigenvalue weighted by Crippen LogP contribution is 2.33. The number of fused-ring (bicyclic) bond motifs is 1. The van der Waals surface area contributed by atoms with Gasteiger partial charge < -0.3 is 9.84 Å². The van der Waals surface area contributed by atoms with Crippen LogP contribution in [0.2, 0.25) is 0 Å². The van der Waals surface area contributed by atoms with Crippen LogP contribution < -0.4 is 4.74 Å². The fourth-order valence-corrected chi connectivity index (χ4v) is 2.58. The van der Waals surface area contributed by atoms with Gasteiger partial charge in [0, 0.05) is 0 Å². The quantitative estimate of drug-likeness (QED) is 0.881. The lowest BCUT2D eigenvalue weighted by molar-refractivity contribution is 0.415. The number of ether oxygens (including phenoxy) is 1. The van der Waals surface area contributed by atoms with Gasteiger partial charge in [-0.05, 0) is 59.4 Å². The molecule has 0 bridgehead atoms. The Hall–Kier alpha value is -2.22. The van der Waals surface area contributed by atoms with Crippen molar-refractivity contribution >= 4 is 5.57 Å². The maximum Gasteiger partial charge on any atom is 0.118 e. The molecule has 19 heavy (non-hydrogen) atoms. The summed E-state index contributed by atoms with van der Waals surface area (Å²) in [6.45, 7) is 0. The molecule has 0 aromatic heterocycles. The highest BCUT2D eigenvalue weighted by molar-refractivity contribution is 5.83. The van der Waals surface area contributed by atoms with Crippen LogP contribution in [-0.2, 0) is 6.42 Å². The van der Waals surface area contributed by atoms with Crippen molar-refractivity contribution in [2.24, 2.45) is 0 Å². The Morgan fingerprint density at radius 1 is 1.05 bits per heavy atom. The molecule has 1 aliphatic rings. The van der Waals surface area contributed by atoms with Gasteiger partial charge in [0.25, 0.3) is 0 Å². The largest absolute Gasteiger partial charge is 0.508 e. The minimum absolute atomic E-state index is 0.342. The maximum absolute atomic E-state index is 9.58. The Bertz CT molecular complexity index is 624. The van der Waals surface area contributed by atoms with Crippen molar-refractivity contribution in [2.45, 2.75) is 12.8 Å². The first kappa shape index (κ1) is 11.8. The van der Waals surface area contributed by atoms with Gasteiger partial charge in [-0.1, -0.05) is 24.3 Å². The lowest BCUT2D eigenvalue weighted by Gasteiger charge is -2.18. The topological polar surface area (TPSA) is 29.5 Å². The Balaban J connectivity index is 2.03. The van der Waals surface area contributed by atoms with E-state index in [1.54, 1.807) is 13.2 Å². The van der Waals surface area contributed by atoms with Crippen LogP contribution in [0.3, 0.4) is 0 Å². The number of hydrogen-bond acceptors (Lipinski definition) is 2. The minimum atomic E-state index is 0.342. The highest BCUT2D eigenvalue weighted by Gasteiger charge is 2.14. The molecule has 2 aromatic carbocycles. The fourth-order valence-electron chi connectivity index (χ4n) is 2.58. The predicted octanol–water partition coefficient (Wildman–Crippen LogP) is 3.78. The van der Waals surface area contributed by atoms with Crippen LogP contribution in [0, 0.1) is 0 Å². The molecule has 0 unspecified atom stereocenters. The average molecular weight is 252 g/mol. The minimum Gasteiger partial charge on any atom is -0.508 e. The molecule has 0 heterocycles. The molecule has 0 radical (unpaired) electrons. The zero-order valence-electron chi connectivity index (χ0n) is 10.9. The Kier molecular flexibility index (Phi) is 3.00. The smallest absolute Gasteiger partial charge is 0.118 e. The van der Waals surface area contributed by atoms with E-state index < -0.39 is 0 Å². The van der Waals surface area contributed by atoms with Gasteiger partial charge in [-0.15, -0.1) is 0 Å². The first-order chi connectivity index (χ1) is 9.28. The van der Waals surface area contributed by atoms with Crippen LogP contribution >= 0.6 is 0 Å². The lowest BCUT2D eigenvalue weighted by atomic mass is 9.87. The van der Waals surface area contributed by atoms with Gasteiger partial charge in [0.2, 0.25) is 0 Å². The number of hydrogen-bond donors (Lipinski definition) is 1. The number of benzene rings is 2. The number of phenols is 1. The molecule has 96 valence electrons. The number of aromatic hydroxyl groups is 1.